The fraction of sp³-hybridized carbons (Fsp3) is 0.0625. The van der Waals surface area contributed by atoms with Crippen LogP contribution in [0.4, 0.5) is 15.8 Å². The summed E-state index contributed by atoms with van der Waals surface area (Å²) in [6.07, 6.45) is 0. The number of fused-ring (bicyclic) bond motifs is 1. The van der Waals surface area contributed by atoms with Crippen LogP contribution in [-0.4, -0.2) is 26.6 Å². The van der Waals surface area contributed by atoms with E-state index in [1.165, 1.54) is 6.07 Å². The van der Waals surface area contributed by atoms with E-state index in [0.717, 1.165) is 23.9 Å². The number of hydrogen-bond donors (Lipinski definition) is 2. The fourth-order valence-corrected chi connectivity index (χ4v) is 2.86. The Kier molecular flexibility index (Phi) is 4.94. The number of nitrogens with one attached hydrogen (secondary N) is 2. The van der Waals surface area contributed by atoms with Crippen molar-refractivity contribution in [1.82, 2.24) is 9.97 Å². The molecule has 0 aliphatic heterocycles. The van der Waals surface area contributed by atoms with Crippen LogP contribution >= 0.6 is 11.8 Å². The number of rotatable bonds is 5. The van der Waals surface area contributed by atoms with Gasteiger partial charge >= 0.3 is 5.69 Å². The van der Waals surface area contributed by atoms with Crippen LogP contribution in [-0.2, 0) is 4.79 Å². The molecule has 0 aliphatic rings. The average Bonchev–Trinajstić information content (AvgIpc) is 2.61. The van der Waals surface area contributed by atoms with Crippen molar-refractivity contribution in [3.05, 3.63) is 68.7 Å². The quantitative estimate of drug-likeness (QED) is 0.307. The van der Waals surface area contributed by atoms with Crippen molar-refractivity contribution < 1.29 is 14.1 Å². The van der Waals surface area contributed by atoms with Crippen LogP contribution in [0.15, 0.2) is 52.4 Å². The Balaban J connectivity index is 1.69. The van der Waals surface area contributed by atoms with Gasteiger partial charge in [-0.2, -0.15) is 4.39 Å². The number of nitro groups is 1. The molecule has 0 bridgehead atoms. The first-order chi connectivity index (χ1) is 12.4. The molecule has 3 rings (SSSR count). The van der Waals surface area contributed by atoms with Crippen molar-refractivity contribution >= 4 is 39.9 Å². The van der Waals surface area contributed by atoms with Gasteiger partial charge in [-0.05, 0) is 24.3 Å². The molecule has 0 saturated heterocycles. The second-order valence-corrected chi connectivity index (χ2v) is 6.11. The second-order valence-electron chi connectivity index (χ2n) is 5.15. The molecule has 2 aromatic carbocycles. The second kappa shape index (κ2) is 7.31. The number of H-pyrrole nitrogens is 1. The average molecular weight is 374 g/mol. The van der Waals surface area contributed by atoms with E-state index in [2.05, 4.69) is 15.3 Å². The van der Waals surface area contributed by atoms with E-state index >= 15 is 0 Å². The van der Waals surface area contributed by atoms with Gasteiger partial charge in [0.1, 0.15) is 0 Å². The van der Waals surface area contributed by atoms with Gasteiger partial charge in [-0.25, -0.2) is 4.98 Å². The lowest BCUT2D eigenvalue weighted by atomic mass is 10.2. The van der Waals surface area contributed by atoms with Gasteiger partial charge in [-0.15, -0.1) is 0 Å². The number of anilines is 1. The Hall–Kier alpha value is -3.27. The van der Waals surface area contributed by atoms with Crippen LogP contribution in [0.3, 0.4) is 0 Å². The number of hydrogen-bond acceptors (Lipinski definition) is 6. The number of carbonyl (C=O) groups excluding carboxylic acids is 1. The summed E-state index contributed by atoms with van der Waals surface area (Å²) < 4.78 is 13.3. The Labute approximate surface area is 149 Å². The number of benzene rings is 2. The summed E-state index contributed by atoms with van der Waals surface area (Å²) in [5.74, 6) is -1.56. The molecule has 1 amide bonds. The largest absolute Gasteiger partial charge is 0.325 e. The molecule has 132 valence electrons. The summed E-state index contributed by atoms with van der Waals surface area (Å²) in [5.41, 5.74) is -0.430. The van der Waals surface area contributed by atoms with Gasteiger partial charge in [0.25, 0.3) is 5.56 Å². The topological polar surface area (TPSA) is 118 Å². The van der Waals surface area contributed by atoms with Crippen molar-refractivity contribution in [2.24, 2.45) is 0 Å². The smallest absolute Gasteiger partial charge is 0.306 e. The van der Waals surface area contributed by atoms with Crippen LogP contribution in [0.1, 0.15) is 0 Å². The predicted octanol–water partition coefficient (Wildman–Crippen LogP) is 2.70. The predicted molar refractivity (Wildman–Crippen MR) is 94.8 cm³/mol. The Morgan fingerprint density at radius 2 is 2.08 bits per heavy atom. The van der Waals surface area contributed by atoms with Gasteiger partial charge in [-0.1, -0.05) is 23.9 Å². The minimum atomic E-state index is -0.986. The van der Waals surface area contributed by atoms with Crippen molar-refractivity contribution in [2.75, 3.05) is 11.1 Å². The van der Waals surface area contributed by atoms with Gasteiger partial charge in [0.15, 0.2) is 5.16 Å². The van der Waals surface area contributed by atoms with Crippen LogP contribution in [0.2, 0.25) is 0 Å². The lowest BCUT2D eigenvalue weighted by Gasteiger charge is -2.06. The number of aromatic nitrogens is 2. The maximum atomic E-state index is 13.3. The van der Waals surface area contributed by atoms with E-state index in [1.807, 2.05) is 0 Å². The summed E-state index contributed by atoms with van der Waals surface area (Å²) in [6.45, 7) is 0. The van der Waals surface area contributed by atoms with E-state index in [4.69, 9.17) is 0 Å². The summed E-state index contributed by atoms with van der Waals surface area (Å²) in [5, 5.41) is 13.9. The molecule has 0 unspecified atom stereocenters. The molecular weight excluding hydrogens is 363 g/mol. The highest BCUT2D eigenvalue weighted by Crippen LogP contribution is 2.22. The summed E-state index contributed by atoms with van der Waals surface area (Å²) in [7, 11) is 0. The highest BCUT2D eigenvalue weighted by molar-refractivity contribution is 7.99. The molecule has 2 N–H and O–H groups in total. The Morgan fingerprint density at radius 3 is 2.85 bits per heavy atom. The SMILES string of the molecule is O=C(CSc1nc2ccccc2c(=O)[nH]1)Nc1ccc(F)c([N+](=O)[O-])c1. The molecular formula is C16H11FN4O4S. The third-order valence-electron chi connectivity index (χ3n) is 3.36. The normalized spacial score (nSPS) is 10.7. The first-order valence-corrected chi connectivity index (χ1v) is 8.28. The highest BCUT2D eigenvalue weighted by atomic mass is 32.2. The zero-order chi connectivity index (χ0) is 18.7. The van der Waals surface area contributed by atoms with Gasteiger partial charge in [0, 0.05) is 11.8 Å². The monoisotopic (exact) mass is 374 g/mol. The zero-order valence-corrected chi connectivity index (χ0v) is 13.9. The number of thioether (sulfide) groups is 1. The Bertz CT molecular complexity index is 1070. The molecule has 1 heterocycles. The maximum Gasteiger partial charge on any atom is 0.306 e. The number of carbonyl (C=O) groups is 1. The van der Waals surface area contributed by atoms with Crippen LogP contribution in [0.5, 0.6) is 0 Å². The number of nitro benzene ring substituents is 1. The molecule has 8 nitrogen and oxygen atoms in total. The number of para-hydroxylation sites is 1. The van der Waals surface area contributed by atoms with Crippen LogP contribution in [0, 0.1) is 15.9 Å². The summed E-state index contributed by atoms with van der Waals surface area (Å²) in [4.78, 5) is 40.6. The van der Waals surface area contributed by atoms with Crippen molar-refractivity contribution in [3.63, 3.8) is 0 Å². The number of nitrogens with zero attached hydrogens (tertiary/aromatic N) is 2. The highest BCUT2D eigenvalue weighted by Gasteiger charge is 2.15. The molecule has 0 saturated carbocycles. The molecule has 3 aromatic rings. The van der Waals surface area contributed by atoms with E-state index in [9.17, 15) is 24.1 Å². The third-order valence-corrected chi connectivity index (χ3v) is 4.23. The minimum Gasteiger partial charge on any atom is -0.325 e. The standard InChI is InChI=1S/C16H11FN4O4S/c17-11-6-5-9(7-13(11)21(24)25)18-14(22)8-26-16-19-12-4-2-1-3-10(12)15(23)20-16/h1-7H,8H2,(H,18,22)(H,19,20,23). The molecule has 0 atom stereocenters. The Morgan fingerprint density at radius 1 is 1.31 bits per heavy atom. The minimum absolute atomic E-state index is 0.0908. The van der Waals surface area contributed by atoms with Crippen molar-refractivity contribution in [2.45, 2.75) is 5.16 Å². The van der Waals surface area contributed by atoms with Gasteiger partial charge < -0.3 is 10.3 Å². The first kappa shape index (κ1) is 17.5. The molecule has 0 radical (unpaired) electrons. The van der Waals surface area contributed by atoms with Crippen LogP contribution < -0.4 is 10.9 Å². The number of halogens is 1. The number of amides is 1. The van der Waals surface area contributed by atoms with Gasteiger partial charge in [0.05, 0.1) is 21.6 Å². The lowest BCUT2D eigenvalue weighted by Crippen LogP contribution is -2.15. The van der Waals surface area contributed by atoms with Gasteiger partial charge in [0.2, 0.25) is 11.7 Å². The third kappa shape index (κ3) is 3.86. The van der Waals surface area contributed by atoms with E-state index in [-0.39, 0.29) is 22.2 Å². The summed E-state index contributed by atoms with van der Waals surface area (Å²) in [6, 6.07) is 9.87. The van der Waals surface area contributed by atoms with E-state index < -0.39 is 22.3 Å². The lowest BCUT2D eigenvalue weighted by molar-refractivity contribution is -0.387. The number of aromatic amines is 1. The van der Waals surface area contributed by atoms with E-state index in [0.29, 0.717) is 10.9 Å². The molecule has 26 heavy (non-hydrogen) atoms. The molecule has 0 spiro atoms. The molecule has 1 aromatic heterocycles. The summed E-state index contributed by atoms with van der Waals surface area (Å²) >= 11 is 1.00. The van der Waals surface area contributed by atoms with Crippen LogP contribution in [0.25, 0.3) is 10.9 Å². The first-order valence-electron chi connectivity index (χ1n) is 7.29. The zero-order valence-electron chi connectivity index (χ0n) is 13.1. The molecule has 0 aliphatic carbocycles. The van der Waals surface area contributed by atoms with Gasteiger partial charge in [-0.3, -0.25) is 19.7 Å². The molecule has 0 fully saturated rings. The molecule has 10 heteroatoms. The fourth-order valence-electron chi connectivity index (χ4n) is 2.19. The van der Waals surface area contributed by atoms with Crippen molar-refractivity contribution in [1.29, 1.82) is 0 Å². The van der Waals surface area contributed by atoms with E-state index in [1.54, 1.807) is 24.3 Å². The van der Waals surface area contributed by atoms with Crippen molar-refractivity contribution in [3.8, 4) is 0 Å². The maximum absolute atomic E-state index is 13.3.